The molecule has 0 fully saturated rings. The van der Waals surface area contributed by atoms with Crippen molar-refractivity contribution in [1.29, 1.82) is 0 Å². The molecule has 1 N–H and O–H groups in total. The van der Waals surface area contributed by atoms with Crippen LogP contribution in [0.15, 0.2) is 36.4 Å². The molecule has 0 radical (unpaired) electrons. The summed E-state index contributed by atoms with van der Waals surface area (Å²) in [6, 6.07) is 10.3. The average molecular weight is 406 g/mol. The molecule has 0 aliphatic heterocycles. The molecule has 2 aromatic carbocycles. The fourth-order valence-electron chi connectivity index (χ4n) is 2.31. The van der Waals surface area contributed by atoms with Gasteiger partial charge in [-0.3, -0.25) is 0 Å². The summed E-state index contributed by atoms with van der Waals surface area (Å²) >= 11 is -1.06. The molecule has 6 nitrogen and oxygen atoms in total. The van der Waals surface area contributed by atoms with Gasteiger partial charge >= 0.3 is 152 Å². The summed E-state index contributed by atoms with van der Waals surface area (Å²) in [6.45, 7) is 1.86. The van der Waals surface area contributed by atoms with E-state index < -0.39 is 27.7 Å². The van der Waals surface area contributed by atoms with E-state index in [4.69, 9.17) is 14.2 Å². The van der Waals surface area contributed by atoms with Gasteiger partial charge in [0.2, 0.25) is 0 Å². The molecule has 132 valence electrons. The van der Waals surface area contributed by atoms with E-state index in [1.165, 1.54) is 6.07 Å². The zero-order valence-electron chi connectivity index (χ0n) is 14.2. The summed E-state index contributed by atoms with van der Waals surface area (Å²) in [6.07, 6.45) is 0. The number of hydrogen-bond donors (Lipinski definition) is 1. The number of hydrogen-bond acceptors (Lipinski definition) is 5. The molecule has 2 aromatic rings. The van der Waals surface area contributed by atoms with Crippen LogP contribution in [-0.4, -0.2) is 53.6 Å². The Balaban J connectivity index is 2.48. The van der Waals surface area contributed by atoms with E-state index >= 15 is 0 Å². The Labute approximate surface area is 152 Å². The van der Waals surface area contributed by atoms with Crippen molar-refractivity contribution >= 4 is 36.4 Å². The SMILES string of the molecule is CCOC(=O)c1cccc([AsH]c2ccc(OC)cc2OC)c1C(=O)O. The molecule has 0 heterocycles. The first-order chi connectivity index (χ1) is 12.0. The van der Waals surface area contributed by atoms with E-state index in [0.717, 1.165) is 4.35 Å². The first kappa shape index (κ1) is 18.9. The Bertz CT molecular complexity index is 787. The maximum absolute atomic E-state index is 12.1. The summed E-state index contributed by atoms with van der Waals surface area (Å²) in [5.74, 6) is -0.479. The molecular weight excluding hydrogens is 387 g/mol. The second kappa shape index (κ2) is 8.58. The van der Waals surface area contributed by atoms with Crippen LogP contribution in [0.3, 0.4) is 0 Å². The van der Waals surface area contributed by atoms with Gasteiger partial charge in [-0.25, -0.2) is 0 Å². The Morgan fingerprint density at radius 1 is 1.08 bits per heavy atom. The van der Waals surface area contributed by atoms with Gasteiger partial charge in [0.15, 0.2) is 0 Å². The van der Waals surface area contributed by atoms with Gasteiger partial charge in [0.05, 0.1) is 0 Å². The fraction of sp³-hybridized carbons (Fsp3) is 0.222. The molecule has 2 rings (SSSR count). The quantitative estimate of drug-likeness (QED) is 0.545. The third-order valence-electron chi connectivity index (χ3n) is 3.45. The van der Waals surface area contributed by atoms with E-state index in [2.05, 4.69) is 0 Å². The van der Waals surface area contributed by atoms with Gasteiger partial charge in [-0.1, -0.05) is 0 Å². The van der Waals surface area contributed by atoms with Crippen molar-refractivity contribution in [2.75, 3.05) is 20.8 Å². The number of carboxylic acid groups (broad SMARTS) is 1. The Hall–Kier alpha value is -2.46. The third kappa shape index (κ3) is 4.34. The van der Waals surface area contributed by atoms with Crippen molar-refractivity contribution in [3.8, 4) is 11.5 Å². The van der Waals surface area contributed by atoms with E-state index in [0.29, 0.717) is 15.9 Å². The summed E-state index contributed by atoms with van der Waals surface area (Å²) in [4.78, 5) is 23.8. The van der Waals surface area contributed by atoms with Crippen LogP contribution >= 0.6 is 0 Å². The first-order valence-electron chi connectivity index (χ1n) is 7.54. The van der Waals surface area contributed by atoms with Gasteiger partial charge in [-0.15, -0.1) is 0 Å². The van der Waals surface area contributed by atoms with Crippen LogP contribution in [0.4, 0.5) is 0 Å². The second-order valence-corrected chi connectivity index (χ2v) is 7.73. The predicted octanol–water partition coefficient (Wildman–Crippen LogP) is 0.966. The summed E-state index contributed by atoms with van der Waals surface area (Å²) in [7, 11) is 3.12. The van der Waals surface area contributed by atoms with Crippen molar-refractivity contribution in [2.24, 2.45) is 0 Å². The standard InChI is InChI=1S/C18H19AsO6/c1-4-25-18(22)12-6-5-7-14(16(12)17(20)21)19-13-9-8-11(23-2)10-15(13)24-3/h5-10,19H,4H2,1-3H3,(H,20,21). The van der Waals surface area contributed by atoms with Crippen LogP contribution in [0, 0.1) is 0 Å². The Kier molecular flexibility index (Phi) is 6.48. The second-order valence-electron chi connectivity index (χ2n) is 4.94. The van der Waals surface area contributed by atoms with Gasteiger partial charge in [-0.2, -0.15) is 0 Å². The number of rotatable bonds is 7. The van der Waals surface area contributed by atoms with Crippen molar-refractivity contribution < 1.29 is 28.9 Å². The van der Waals surface area contributed by atoms with Gasteiger partial charge in [0.25, 0.3) is 0 Å². The summed E-state index contributed by atoms with van der Waals surface area (Å²) < 4.78 is 17.1. The summed E-state index contributed by atoms with van der Waals surface area (Å²) in [5.41, 5.74) is 0.0712. The molecule has 0 aliphatic rings. The molecule has 0 aromatic heterocycles. The molecule has 1 unspecified atom stereocenters. The number of carbonyl (C=O) groups excluding carboxylic acids is 1. The molecule has 7 heteroatoms. The molecule has 0 saturated heterocycles. The summed E-state index contributed by atoms with van der Waals surface area (Å²) in [5, 5.41) is 9.61. The topological polar surface area (TPSA) is 82.1 Å². The Morgan fingerprint density at radius 3 is 2.44 bits per heavy atom. The number of carboxylic acids is 1. The number of ether oxygens (including phenoxy) is 3. The minimum absolute atomic E-state index is 0.00109. The van der Waals surface area contributed by atoms with Crippen molar-refractivity contribution in [2.45, 2.75) is 6.92 Å². The molecule has 0 amide bonds. The van der Waals surface area contributed by atoms with Gasteiger partial charge in [-0.05, 0) is 0 Å². The van der Waals surface area contributed by atoms with E-state index in [1.807, 2.05) is 6.07 Å². The third-order valence-corrected chi connectivity index (χ3v) is 6.32. The number of methoxy groups -OCH3 is 2. The van der Waals surface area contributed by atoms with Crippen molar-refractivity contribution in [3.63, 3.8) is 0 Å². The number of benzene rings is 2. The van der Waals surface area contributed by atoms with E-state index in [-0.39, 0.29) is 17.7 Å². The van der Waals surface area contributed by atoms with Crippen molar-refractivity contribution in [1.82, 2.24) is 0 Å². The average Bonchev–Trinajstić information content (AvgIpc) is 2.61. The molecule has 25 heavy (non-hydrogen) atoms. The molecule has 0 bridgehead atoms. The van der Waals surface area contributed by atoms with Crippen LogP contribution in [0.2, 0.25) is 0 Å². The molecule has 0 spiro atoms. The molecule has 1 atom stereocenters. The van der Waals surface area contributed by atoms with Crippen LogP contribution in [0.5, 0.6) is 11.5 Å². The Morgan fingerprint density at radius 2 is 1.84 bits per heavy atom. The van der Waals surface area contributed by atoms with Crippen molar-refractivity contribution in [3.05, 3.63) is 47.5 Å². The zero-order valence-corrected chi connectivity index (χ0v) is 16.3. The van der Waals surface area contributed by atoms with Gasteiger partial charge in [0, 0.05) is 0 Å². The molecule has 0 saturated carbocycles. The van der Waals surface area contributed by atoms with Crippen LogP contribution in [0.1, 0.15) is 27.6 Å². The van der Waals surface area contributed by atoms with Crippen LogP contribution < -0.4 is 18.2 Å². The monoisotopic (exact) mass is 406 g/mol. The first-order valence-corrected chi connectivity index (χ1v) is 9.64. The molecular formula is C18H19AsO6. The molecule has 0 aliphatic carbocycles. The minimum atomic E-state index is -1.14. The normalized spacial score (nSPS) is 10.7. The van der Waals surface area contributed by atoms with Gasteiger partial charge < -0.3 is 0 Å². The van der Waals surface area contributed by atoms with Crippen LogP contribution in [0.25, 0.3) is 0 Å². The van der Waals surface area contributed by atoms with Crippen LogP contribution in [-0.2, 0) is 4.74 Å². The number of carbonyl (C=O) groups is 2. The zero-order chi connectivity index (χ0) is 18.4. The number of esters is 1. The van der Waals surface area contributed by atoms with E-state index in [9.17, 15) is 14.7 Å². The van der Waals surface area contributed by atoms with E-state index in [1.54, 1.807) is 45.4 Å². The number of aromatic carboxylic acids is 1. The van der Waals surface area contributed by atoms with Gasteiger partial charge in [0.1, 0.15) is 0 Å². The maximum atomic E-state index is 12.1. The predicted molar refractivity (Wildman–Crippen MR) is 95.3 cm³/mol. The fourth-order valence-corrected chi connectivity index (χ4v) is 5.04.